The molecule has 6 nitrogen and oxygen atoms in total. The number of sulfonamides is 1. The van der Waals surface area contributed by atoms with Crippen LogP contribution in [0, 0.1) is 0 Å². The summed E-state index contributed by atoms with van der Waals surface area (Å²) < 4.78 is 64.9. The normalized spacial score (nSPS) is 18.8. The van der Waals surface area contributed by atoms with Gasteiger partial charge in [-0.15, -0.1) is 0 Å². The van der Waals surface area contributed by atoms with Gasteiger partial charge in [0.05, 0.1) is 11.3 Å². The third-order valence-electron chi connectivity index (χ3n) is 3.47. The zero-order chi connectivity index (χ0) is 18.2. The fourth-order valence-electron chi connectivity index (χ4n) is 2.31. The molecule has 0 spiro atoms. The van der Waals surface area contributed by atoms with Gasteiger partial charge in [-0.25, -0.2) is 8.42 Å². The van der Waals surface area contributed by atoms with Gasteiger partial charge in [0, 0.05) is 5.69 Å². The largest absolute Gasteiger partial charge is 0.416 e. The molecule has 2 aromatic rings. The van der Waals surface area contributed by atoms with Crippen LogP contribution in [-0.2, 0) is 21.0 Å². The Bertz CT molecular complexity index is 915. The Morgan fingerprint density at radius 3 is 2.40 bits per heavy atom. The minimum Gasteiger partial charge on any atom is -0.360 e. The lowest BCUT2D eigenvalue weighted by molar-refractivity contribution is -0.137. The van der Waals surface area contributed by atoms with E-state index in [9.17, 15) is 26.4 Å². The van der Waals surface area contributed by atoms with Crippen LogP contribution in [0.4, 0.5) is 24.5 Å². The number of para-hydroxylation sites is 1. The number of fused-ring (bicyclic) bond motifs is 1. The number of alkyl halides is 3. The van der Waals surface area contributed by atoms with Crippen molar-refractivity contribution in [2.24, 2.45) is 0 Å². The van der Waals surface area contributed by atoms with E-state index in [1.54, 1.807) is 30.3 Å². The molecule has 0 aromatic heterocycles. The lowest BCUT2D eigenvalue weighted by atomic mass is 10.2. The first-order valence-corrected chi connectivity index (χ1v) is 8.51. The molecule has 1 aliphatic rings. The molecule has 0 fully saturated rings. The maximum Gasteiger partial charge on any atom is 0.416 e. The molecule has 3 N–H and O–H groups in total. The fourth-order valence-corrected chi connectivity index (χ4v) is 3.57. The van der Waals surface area contributed by atoms with E-state index >= 15 is 0 Å². The van der Waals surface area contributed by atoms with E-state index in [1.807, 2.05) is 0 Å². The van der Waals surface area contributed by atoms with E-state index in [0.717, 1.165) is 6.07 Å². The molecule has 2 aromatic carbocycles. The Morgan fingerprint density at radius 2 is 1.76 bits per heavy atom. The zero-order valence-corrected chi connectivity index (χ0v) is 13.3. The average molecular weight is 371 g/mol. The van der Waals surface area contributed by atoms with Crippen molar-refractivity contribution >= 4 is 27.3 Å². The molecule has 132 valence electrons. The first-order chi connectivity index (χ1) is 11.7. The molecule has 0 radical (unpaired) electrons. The maximum atomic E-state index is 12.8. The van der Waals surface area contributed by atoms with E-state index in [1.165, 1.54) is 0 Å². The van der Waals surface area contributed by atoms with E-state index in [0.29, 0.717) is 17.8 Å². The molecule has 0 saturated heterocycles. The van der Waals surface area contributed by atoms with Crippen LogP contribution >= 0.6 is 0 Å². The van der Waals surface area contributed by atoms with E-state index in [2.05, 4.69) is 15.4 Å². The predicted octanol–water partition coefficient (Wildman–Crippen LogP) is 2.37. The number of carbonyl (C=O) groups excluding carboxylic acids is 1. The summed E-state index contributed by atoms with van der Waals surface area (Å²) in [5.41, 5.74) is -0.886. The molecule has 0 bridgehead atoms. The van der Waals surface area contributed by atoms with E-state index in [-0.39, 0.29) is 10.6 Å². The molecule has 1 amide bonds. The molecular weight excluding hydrogens is 359 g/mol. The highest BCUT2D eigenvalue weighted by Crippen LogP contribution is 2.35. The van der Waals surface area contributed by atoms with Crippen molar-refractivity contribution in [2.75, 3.05) is 10.6 Å². The van der Waals surface area contributed by atoms with E-state index < -0.39 is 33.8 Å². The van der Waals surface area contributed by atoms with Crippen LogP contribution in [0.25, 0.3) is 0 Å². The van der Waals surface area contributed by atoms with Crippen LogP contribution in [0.1, 0.15) is 5.56 Å². The summed E-state index contributed by atoms with van der Waals surface area (Å²) in [4.78, 5) is 11.9. The Morgan fingerprint density at radius 1 is 1.08 bits per heavy atom. The van der Waals surface area contributed by atoms with Gasteiger partial charge in [-0.2, -0.15) is 17.9 Å². The van der Waals surface area contributed by atoms with Gasteiger partial charge < -0.3 is 10.6 Å². The van der Waals surface area contributed by atoms with Gasteiger partial charge in [-0.05, 0) is 30.3 Å². The van der Waals surface area contributed by atoms with Crippen molar-refractivity contribution in [1.82, 2.24) is 4.72 Å². The molecule has 0 unspecified atom stereocenters. The number of benzene rings is 2. The number of halogens is 3. The smallest absolute Gasteiger partial charge is 0.360 e. The SMILES string of the molecule is O=C(Nc1ccccc1)[C@@H]1Nc2cc(C(F)(F)F)ccc2S(=O)(=O)N1. The third-order valence-corrected chi connectivity index (χ3v) is 4.95. The molecule has 1 atom stereocenters. The van der Waals surface area contributed by atoms with E-state index in [4.69, 9.17) is 0 Å². The van der Waals surface area contributed by atoms with Crippen LogP contribution in [0.15, 0.2) is 53.4 Å². The number of amides is 1. The first-order valence-electron chi connectivity index (χ1n) is 7.03. The molecule has 1 heterocycles. The van der Waals surface area contributed by atoms with Crippen LogP contribution < -0.4 is 15.4 Å². The van der Waals surface area contributed by atoms with Gasteiger partial charge in [-0.3, -0.25) is 4.79 Å². The van der Waals surface area contributed by atoms with Crippen molar-refractivity contribution < 1.29 is 26.4 Å². The van der Waals surface area contributed by atoms with Gasteiger partial charge >= 0.3 is 6.18 Å². The number of rotatable bonds is 2. The summed E-state index contributed by atoms with van der Waals surface area (Å²) in [6.07, 6.45) is -6.08. The van der Waals surface area contributed by atoms with Gasteiger partial charge in [0.25, 0.3) is 5.91 Å². The second kappa shape index (κ2) is 6.05. The second-order valence-electron chi connectivity index (χ2n) is 5.26. The first kappa shape index (κ1) is 17.2. The van der Waals surface area contributed by atoms with Gasteiger partial charge in [-0.1, -0.05) is 18.2 Å². The topological polar surface area (TPSA) is 87.3 Å². The molecule has 0 saturated carbocycles. The highest BCUT2D eigenvalue weighted by molar-refractivity contribution is 7.89. The highest BCUT2D eigenvalue weighted by Gasteiger charge is 2.37. The number of nitrogens with one attached hydrogen (secondary N) is 3. The van der Waals surface area contributed by atoms with Gasteiger partial charge in [0.1, 0.15) is 4.90 Å². The Kier molecular flexibility index (Phi) is 4.17. The Labute approximate surface area is 141 Å². The van der Waals surface area contributed by atoms with Crippen molar-refractivity contribution in [3.63, 3.8) is 0 Å². The number of hydrogen-bond acceptors (Lipinski definition) is 4. The van der Waals surface area contributed by atoms with Crippen molar-refractivity contribution in [3.05, 3.63) is 54.1 Å². The molecule has 25 heavy (non-hydrogen) atoms. The third kappa shape index (κ3) is 3.59. The average Bonchev–Trinajstić information content (AvgIpc) is 2.53. The molecule has 1 aliphatic heterocycles. The minimum absolute atomic E-state index is 0.290. The van der Waals surface area contributed by atoms with Crippen LogP contribution in [0.2, 0.25) is 0 Å². The molecule has 3 rings (SSSR count). The predicted molar refractivity (Wildman–Crippen MR) is 84.2 cm³/mol. The summed E-state index contributed by atoms with van der Waals surface area (Å²) in [7, 11) is -4.13. The quantitative estimate of drug-likeness (QED) is 0.756. The number of hydrogen-bond donors (Lipinski definition) is 3. The van der Waals surface area contributed by atoms with Crippen molar-refractivity contribution in [1.29, 1.82) is 0 Å². The second-order valence-corrected chi connectivity index (χ2v) is 6.95. The van der Waals surface area contributed by atoms with Crippen molar-refractivity contribution in [3.8, 4) is 0 Å². The molecular formula is C15H12F3N3O3S. The van der Waals surface area contributed by atoms with Crippen LogP contribution in [0.3, 0.4) is 0 Å². The number of anilines is 2. The fraction of sp³-hybridized carbons (Fsp3) is 0.133. The van der Waals surface area contributed by atoms with Gasteiger partial charge in [0.15, 0.2) is 6.17 Å². The monoisotopic (exact) mass is 371 g/mol. The lowest BCUT2D eigenvalue weighted by Crippen LogP contribution is -2.51. The number of carbonyl (C=O) groups is 1. The lowest BCUT2D eigenvalue weighted by Gasteiger charge is -2.27. The Hall–Kier alpha value is -2.59. The van der Waals surface area contributed by atoms with Crippen LogP contribution in [-0.4, -0.2) is 20.5 Å². The summed E-state index contributed by atoms with van der Waals surface area (Å²) >= 11 is 0. The Balaban J connectivity index is 1.90. The molecule has 10 heteroatoms. The summed E-state index contributed by atoms with van der Waals surface area (Å²) in [6.45, 7) is 0. The minimum atomic E-state index is -4.63. The standard InChI is InChI=1S/C15H12F3N3O3S/c16-15(17,18)9-6-7-12-11(8-9)20-13(21-25(12,23)24)14(22)19-10-4-2-1-3-5-10/h1-8,13,20-21H,(H,19,22)/t13-/m1/s1. The van der Waals surface area contributed by atoms with Gasteiger partial charge in [0.2, 0.25) is 10.0 Å². The summed E-state index contributed by atoms with van der Waals surface area (Å²) in [6, 6.07) is 10.4. The van der Waals surface area contributed by atoms with Crippen molar-refractivity contribution in [2.45, 2.75) is 17.2 Å². The summed E-state index contributed by atoms with van der Waals surface area (Å²) in [5, 5.41) is 4.96. The molecule has 0 aliphatic carbocycles. The summed E-state index contributed by atoms with van der Waals surface area (Å²) in [5.74, 6) is -0.752. The maximum absolute atomic E-state index is 12.8. The zero-order valence-electron chi connectivity index (χ0n) is 12.5. The van der Waals surface area contributed by atoms with Crippen LogP contribution in [0.5, 0.6) is 0 Å². The highest BCUT2D eigenvalue weighted by atomic mass is 32.2.